The van der Waals surface area contributed by atoms with E-state index in [0.717, 1.165) is 25.7 Å². The van der Waals surface area contributed by atoms with Crippen LogP contribution in [0.25, 0.3) is 0 Å². The number of likely N-dealkylation sites (tertiary alicyclic amines) is 1. The Bertz CT molecular complexity index is 392. The SMILES string of the molecule is C#C[C@H]1CC[C@@H](C#N)N1C(=O)[C@H](N)C1CCCCC1. The average molecular weight is 259 g/mol. The molecular formula is C15H21N3O. The minimum Gasteiger partial charge on any atom is -0.320 e. The molecule has 0 spiro atoms. The maximum absolute atomic E-state index is 12.5. The first-order chi connectivity index (χ1) is 9.19. The summed E-state index contributed by atoms with van der Waals surface area (Å²) in [7, 11) is 0. The van der Waals surface area contributed by atoms with Gasteiger partial charge in [-0.25, -0.2) is 0 Å². The maximum Gasteiger partial charge on any atom is 0.241 e. The second-order valence-corrected chi connectivity index (χ2v) is 5.57. The van der Waals surface area contributed by atoms with Gasteiger partial charge in [0.25, 0.3) is 0 Å². The van der Waals surface area contributed by atoms with Crippen molar-refractivity contribution in [1.82, 2.24) is 4.90 Å². The van der Waals surface area contributed by atoms with Crippen molar-refractivity contribution < 1.29 is 4.79 Å². The van der Waals surface area contributed by atoms with Crippen LogP contribution < -0.4 is 5.73 Å². The van der Waals surface area contributed by atoms with E-state index in [1.807, 2.05) is 0 Å². The molecule has 19 heavy (non-hydrogen) atoms. The van der Waals surface area contributed by atoms with Gasteiger partial charge in [-0.05, 0) is 31.6 Å². The van der Waals surface area contributed by atoms with Crippen LogP contribution in [0.4, 0.5) is 0 Å². The number of rotatable bonds is 2. The number of carbonyl (C=O) groups excluding carboxylic acids is 1. The van der Waals surface area contributed by atoms with Crippen molar-refractivity contribution in [3.8, 4) is 18.4 Å². The number of carbonyl (C=O) groups is 1. The molecule has 2 N–H and O–H groups in total. The highest BCUT2D eigenvalue weighted by Crippen LogP contribution is 2.29. The van der Waals surface area contributed by atoms with Gasteiger partial charge in [0.2, 0.25) is 5.91 Å². The lowest BCUT2D eigenvalue weighted by molar-refractivity contribution is -0.135. The van der Waals surface area contributed by atoms with Crippen LogP contribution in [0.3, 0.4) is 0 Å². The molecule has 1 saturated heterocycles. The van der Waals surface area contributed by atoms with Crippen LogP contribution in [0.5, 0.6) is 0 Å². The molecule has 0 radical (unpaired) electrons. The lowest BCUT2D eigenvalue weighted by Gasteiger charge is -2.32. The first kappa shape index (κ1) is 13.9. The van der Waals surface area contributed by atoms with Crippen molar-refractivity contribution in [3.05, 3.63) is 0 Å². The highest BCUT2D eigenvalue weighted by Gasteiger charge is 2.40. The Morgan fingerprint density at radius 2 is 1.84 bits per heavy atom. The van der Waals surface area contributed by atoms with Crippen LogP contribution in [-0.4, -0.2) is 28.9 Å². The van der Waals surface area contributed by atoms with E-state index in [1.165, 1.54) is 6.42 Å². The van der Waals surface area contributed by atoms with Crippen molar-refractivity contribution >= 4 is 5.91 Å². The summed E-state index contributed by atoms with van der Waals surface area (Å²) >= 11 is 0. The summed E-state index contributed by atoms with van der Waals surface area (Å²) < 4.78 is 0. The first-order valence-electron chi connectivity index (χ1n) is 7.12. The molecule has 1 saturated carbocycles. The highest BCUT2D eigenvalue weighted by molar-refractivity contribution is 5.83. The topological polar surface area (TPSA) is 70.1 Å². The van der Waals surface area contributed by atoms with E-state index in [2.05, 4.69) is 12.0 Å². The fourth-order valence-corrected chi connectivity index (χ4v) is 3.28. The van der Waals surface area contributed by atoms with Gasteiger partial charge in [0, 0.05) is 0 Å². The standard InChI is InChI=1S/C15H21N3O/c1-2-12-8-9-13(10-16)18(12)15(19)14(17)11-6-4-3-5-7-11/h1,11-14H,3-9,17H2/t12-,13-,14+/m0/s1. The number of hydrogen-bond donors (Lipinski definition) is 1. The van der Waals surface area contributed by atoms with E-state index >= 15 is 0 Å². The Hall–Kier alpha value is -1.52. The number of nitrogens with zero attached hydrogens (tertiary/aromatic N) is 2. The second-order valence-electron chi connectivity index (χ2n) is 5.57. The summed E-state index contributed by atoms with van der Waals surface area (Å²) in [4.78, 5) is 14.1. The van der Waals surface area contributed by atoms with Crippen LogP contribution in [0.1, 0.15) is 44.9 Å². The van der Waals surface area contributed by atoms with E-state index in [-0.39, 0.29) is 17.9 Å². The van der Waals surface area contributed by atoms with Crippen LogP contribution in [0.2, 0.25) is 0 Å². The summed E-state index contributed by atoms with van der Waals surface area (Å²) in [5.74, 6) is 2.74. The highest BCUT2D eigenvalue weighted by atomic mass is 16.2. The third-order valence-corrected chi connectivity index (χ3v) is 4.42. The third-order valence-electron chi connectivity index (χ3n) is 4.42. The molecule has 2 fully saturated rings. The second kappa shape index (κ2) is 6.08. The van der Waals surface area contributed by atoms with Gasteiger partial charge in [0.1, 0.15) is 6.04 Å². The first-order valence-corrected chi connectivity index (χ1v) is 7.12. The average Bonchev–Trinajstić information content (AvgIpc) is 2.89. The van der Waals surface area contributed by atoms with Gasteiger partial charge in [0.15, 0.2) is 0 Å². The van der Waals surface area contributed by atoms with Crippen molar-refractivity contribution in [1.29, 1.82) is 5.26 Å². The van der Waals surface area contributed by atoms with E-state index in [1.54, 1.807) is 4.90 Å². The number of amides is 1. The summed E-state index contributed by atoms with van der Waals surface area (Å²) in [6, 6.07) is 1.02. The number of hydrogen-bond acceptors (Lipinski definition) is 3. The Morgan fingerprint density at radius 1 is 1.21 bits per heavy atom. The van der Waals surface area contributed by atoms with Gasteiger partial charge in [-0.1, -0.05) is 25.2 Å². The van der Waals surface area contributed by atoms with Crippen LogP contribution in [0.15, 0.2) is 0 Å². The normalized spacial score (nSPS) is 29.5. The third kappa shape index (κ3) is 2.74. The van der Waals surface area contributed by atoms with Gasteiger partial charge in [-0.3, -0.25) is 4.79 Å². The summed E-state index contributed by atoms with van der Waals surface area (Å²) in [5, 5.41) is 9.14. The minimum absolute atomic E-state index is 0.126. The molecule has 2 aliphatic rings. The minimum atomic E-state index is -0.495. The predicted octanol–water partition coefficient (Wildman–Crippen LogP) is 1.41. The maximum atomic E-state index is 12.5. The van der Waals surface area contributed by atoms with Crippen LogP contribution >= 0.6 is 0 Å². The molecular weight excluding hydrogens is 238 g/mol. The molecule has 2 rings (SSSR count). The zero-order valence-corrected chi connectivity index (χ0v) is 11.2. The van der Waals surface area contributed by atoms with Crippen LogP contribution in [-0.2, 0) is 4.79 Å². The van der Waals surface area contributed by atoms with E-state index in [9.17, 15) is 4.79 Å². The smallest absolute Gasteiger partial charge is 0.241 e. The van der Waals surface area contributed by atoms with Gasteiger partial charge in [-0.15, -0.1) is 6.42 Å². The van der Waals surface area contributed by atoms with Crippen molar-refractivity contribution in [3.63, 3.8) is 0 Å². The summed E-state index contributed by atoms with van der Waals surface area (Å²) in [5.41, 5.74) is 6.14. The molecule has 4 nitrogen and oxygen atoms in total. The van der Waals surface area contributed by atoms with Gasteiger partial charge in [-0.2, -0.15) is 5.26 Å². The molecule has 1 amide bonds. The van der Waals surface area contributed by atoms with Crippen molar-refractivity contribution in [2.24, 2.45) is 11.7 Å². The molecule has 0 aromatic rings. The fraction of sp³-hybridized carbons (Fsp3) is 0.733. The lowest BCUT2D eigenvalue weighted by Crippen LogP contribution is -2.52. The Labute approximate surface area is 114 Å². The molecule has 102 valence electrons. The molecule has 1 aliphatic carbocycles. The Morgan fingerprint density at radius 3 is 2.42 bits per heavy atom. The zero-order valence-electron chi connectivity index (χ0n) is 11.2. The van der Waals surface area contributed by atoms with Gasteiger partial charge in [0.05, 0.1) is 18.2 Å². The number of nitrogens with two attached hydrogens (primary N) is 1. The quantitative estimate of drug-likeness (QED) is 0.762. The largest absolute Gasteiger partial charge is 0.320 e. The van der Waals surface area contributed by atoms with Crippen LogP contribution in [0, 0.1) is 29.6 Å². The molecule has 4 heteroatoms. The van der Waals surface area contributed by atoms with Crippen molar-refractivity contribution in [2.75, 3.05) is 0 Å². The summed E-state index contributed by atoms with van der Waals surface area (Å²) in [6.45, 7) is 0. The molecule has 1 aliphatic heterocycles. The Balaban J connectivity index is 2.08. The predicted molar refractivity (Wildman–Crippen MR) is 72.7 cm³/mol. The monoisotopic (exact) mass is 259 g/mol. The van der Waals surface area contributed by atoms with Gasteiger partial charge >= 0.3 is 0 Å². The van der Waals surface area contributed by atoms with E-state index < -0.39 is 12.1 Å². The van der Waals surface area contributed by atoms with E-state index in [0.29, 0.717) is 12.8 Å². The molecule has 0 aromatic carbocycles. The number of nitriles is 1. The molecule has 3 atom stereocenters. The fourth-order valence-electron chi connectivity index (χ4n) is 3.28. The Kier molecular flexibility index (Phi) is 4.45. The summed E-state index contributed by atoms with van der Waals surface area (Å²) in [6.07, 6.45) is 12.4. The zero-order chi connectivity index (χ0) is 13.8. The van der Waals surface area contributed by atoms with E-state index in [4.69, 9.17) is 17.4 Å². The molecule has 0 aromatic heterocycles. The lowest BCUT2D eigenvalue weighted by atomic mass is 9.83. The molecule has 0 bridgehead atoms. The van der Waals surface area contributed by atoms with Crippen molar-refractivity contribution in [2.45, 2.75) is 63.1 Å². The molecule has 1 heterocycles. The van der Waals surface area contributed by atoms with Gasteiger partial charge < -0.3 is 10.6 Å². The number of terminal acetylenes is 1. The molecule has 0 unspecified atom stereocenters.